The normalized spacial score (nSPS) is 11.9. The number of hydrogen-bond acceptors (Lipinski definition) is 4. The number of thiocarbonyl (C=S) groups is 1. The largest absolute Gasteiger partial charge is 0.389 e. The van der Waals surface area contributed by atoms with Crippen molar-refractivity contribution in [2.45, 2.75) is 19.6 Å². The molecule has 0 saturated carbocycles. The minimum Gasteiger partial charge on any atom is -0.389 e. The molecule has 3 N–H and O–H groups in total. The lowest BCUT2D eigenvalue weighted by atomic mass is 10.2. The van der Waals surface area contributed by atoms with E-state index in [9.17, 15) is 4.79 Å². The molecule has 0 spiro atoms. The van der Waals surface area contributed by atoms with Crippen LogP contribution in [-0.2, 0) is 16.1 Å². The number of benzene rings is 1. The van der Waals surface area contributed by atoms with Crippen LogP contribution in [0, 0.1) is 0 Å². The van der Waals surface area contributed by atoms with Crippen LogP contribution in [0.3, 0.4) is 0 Å². The van der Waals surface area contributed by atoms with Gasteiger partial charge in [0.2, 0.25) is 0 Å². The molecule has 0 aliphatic rings. The van der Waals surface area contributed by atoms with Gasteiger partial charge in [-0.15, -0.1) is 11.3 Å². The second-order valence-electron chi connectivity index (χ2n) is 4.47. The number of nitrogens with one attached hydrogen (secondary N) is 1. The van der Waals surface area contributed by atoms with Gasteiger partial charge in [0.05, 0.1) is 6.61 Å². The molecule has 0 bridgehead atoms. The molecule has 1 aromatic heterocycles. The van der Waals surface area contributed by atoms with Crippen molar-refractivity contribution in [3.63, 3.8) is 0 Å². The Balaban J connectivity index is 1.91. The van der Waals surface area contributed by atoms with Crippen molar-refractivity contribution in [1.82, 2.24) is 0 Å². The van der Waals surface area contributed by atoms with Crippen LogP contribution in [0.5, 0.6) is 0 Å². The molecular formula is C15H16N2O2S2. The zero-order valence-corrected chi connectivity index (χ0v) is 13.2. The molecule has 0 radical (unpaired) electrons. The maximum absolute atomic E-state index is 12.1. The number of carbonyl (C=O) groups is 1. The van der Waals surface area contributed by atoms with E-state index in [-0.39, 0.29) is 5.91 Å². The highest BCUT2D eigenvalue weighted by molar-refractivity contribution is 7.80. The molecule has 1 amide bonds. The minimum atomic E-state index is -0.541. The Labute approximate surface area is 132 Å². The van der Waals surface area contributed by atoms with Crippen LogP contribution >= 0.6 is 23.6 Å². The summed E-state index contributed by atoms with van der Waals surface area (Å²) < 4.78 is 5.55. The molecule has 0 aliphatic carbocycles. The van der Waals surface area contributed by atoms with Gasteiger partial charge < -0.3 is 15.8 Å². The van der Waals surface area contributed by atoms with E-state index in [0.717, 1.165) is 10.4 Å². The summed E-state index contributed by atoms with van der Waals surface area (Å²) in [4.78, 5) is 13.4. The van der Waals surface area contributed by atoms with Crippen molar-refractivity contribution in [1.29, 1.82) is 0 Å². The highest BCUT2D eigenvalue weighted by atomic mass is 32.1. The fourth-order valence-electron chi connectivity index (χ4n) is 1.67. The number of thiophene rings is 1. The van der Waals surface area contributed by atoms with E-state index in [1.54, 1.807) is 42.5 Å². The van der Waals surface area contributed by atoms with Crippen LogP contribution in [0.1, 0.15) is 17.4 Å². The van der Waals surface area contributed by atoms with Gasteiger partial charge in [0.1, 0.15) is 11.1 Å². The molecule has 0 saturated heterocycles. The van der Waals surface area contributed by atoms with Gasteiger partial charge in [0.25, 0.3) is 5.91 Å². The van der Waals surface area contributed by atoms with Crippen LogP contribution in [0.25, 0.3) is 0 Å². The number of carbonyl (C=O) groups excluding carboxylic acids is 1. The lowest BCUT2D eigenvalue weighted by Gasteiger charge is -2.13. The van der Waals surface area contributed by atoms with Crippen molar-refractivity contribution in [3.8, 4) is 0 Å². The Hall–Kier alpha value is -1.76. The molecule has 110 valence electrons. The summed E-state index contributed by atoms with van der Waals surface area (Å²) in [6, 6.07) is 11.0. The zero-order valence-electron chi connectivity index (χ0n) is 11.5. The number of nitrogens with two attached hydrogens (primary N) is 1. The highest BCUT2D eigenvalue weighted by Gasteiger charge is 2.14. The summed E-state index contributed by atoms with van der Waals surface area (Å²) in [5.41, 5.74) is 6.94. The molecule has 2 rings (SSSR count). The molecule has 21 heavy (non-hydrogen) atoms. The van der Waals surface area contributed by atoms with Gasteiger partial charge in [-0.3, -0.25) is 4.79 Å². The summed E-state index contributed by atoms with van der Waals surface area (Å²) in [5.74, 6) is -0.202. The first-order chi connectivity index (χ1) is 10.1. The molecular weight excluding hydrogens is 304 g/mol. The maximum Gasteiger partial charge on any atom is 0.253 e. The Morgan fingerprint density at radius 3 is 2.90 bits per heavy atom. The molecule has 6 heteroatoms. The fraction of sp³-hybridized carbons (Fsp3) is 0.200. The molecule has 4 nitrogen and oxygen atoms in total. The van der Waals surface area contributed by atoms with E-state index >= 15 is 0 Å². The summed E-state index contributed by atoms with van der Waals surface area (Å²) in [5, 5.41) is 4.77. The zero-order chi connectivity index (χ0) is 15.2. The van der Waals surface area contributed by atoms with Gasteiger partial charge in [-0.25, -0.2) is 0 Å². The Morgan fingerprint density at radius 2 is 2.24 bits per heavy atom. The average Bonchev–Trinajstić information content (AvgIpc) is 2.98. The average molecular weight is 320 g/mol. The SMILES string of the molecule is CC(OCc1cccs1)C(=O)Nc1cccc(C(N)=S)c1. The number of anilines is 1. The maximum atomic E-state index is 12.1. The lowest BCUT2D eigenvalue weighted by molar-refractivity contribution is -0.127. The minimum absolute atomic E-state index is 0.202. The van der Waals surface area contributed by atoms with Crippen LogP contribution in [-0.4, -0.2) is 17.0 Å². The van der Waals surface area contributed by atoms with E-state index < -0.39 is 6.10 Å². The lowest BCUT2D eigenvalue weighted by Crippen LogP contribution is -2.27. The second-order valence-corrected chi connectivity index (χ2v) is 5.94. The van der Waals surface area contributed by atoms with Gasteiger partial charge in [-0.1, -0.05) is 30.4 Å². The molecule has 2 aromatic rings. The van der Waals surface area contributed by atoms with Crippen molar-refractivity contribution >= 4 is 40.1 Å². The summed E-state index contributed by atoms with van der Waals surface area (Å²) in [6.07, 6.45) is -0.541. The number of amides is 1. The Kier molecular flexibility index (Phi) is 5.44. The van der Waals surface area contributed by atoms with Crippen molar-refractivity contribution < 1.29 is 9.53 Å². The van der Waals surface area contributed by atoms with E-state index in [4.69, 9.17) is 22.7 Å². The predicted octanol–water partition coefficient (Wildman–Crippen LogP) is 2.93. The number of ether oxygens (including phenoxy) is 1. The van der Waals surface area contributed by atoms with E-state index in [2.05, 4.69) is 5.32 Å². The highest BCUT2D eigenvalue weighted by Crippen LogP contribution is 2.13. The van der Waals surface area contributed by atoms with Crippen LogP contribution in [0.4, 0.5) is 5.69 Å². The summed E-state index contributed by atoms with van der Waals surface area (Å²) in [6.45, 7) is 2.15. The third kappa shape index (κ3) is 4.63. The fourth-order valence-corrected chi connectivity index (χ4v) is 2.42. The quantitative estimate of drug-likeness (QED) is 0.803. The Bertz CT molecular complexity index is 626. The number of hydrogen-bond donors (Lipinski definition) is 2. The summed E-state index contributed by atoms with van der Waals surface area (Å²) in [7, 11) is 0. The monoisotopic (exact) mass is 320 g/mol. The molecule has 1 heterocycles. The molecule has 1 unspecified atom stereocenters. The molecule has 1 atom stereocenters. The predicted molar refractivity (Wildman–Crippen MR) is 89.5 cm³/mol. The van der Waals surface area contributed by atoms with Crippen molar-refractivity contribution in [2.75, 3.05) is 5.32 Å². The standard InChI is InChI=1S/C15H16N2O2S2/c1-10(19-9-13-6-3-7-21-13)15(18)17-12-5-2-4-11(8-12)14(16)20/h2-8,10H,9H2,1H3,(H2,16,20)(H,17,18). The van der Waals surface area contributed by atoms with Gasteiger partial charge in [0, 0.05) is 16.1 Å². The third-order valence-corrected chi connectivity index (χ3v) is 3.93. The van der Waals surface area contributed by atoms with E-state index in [1.807, 2.05) is 17.5 Å². The first-order valence-corrected chi connectivity index (χ1v) is 7.70. The Morgan fingerprint density at radius 1 is 1.43 bits per heavy atom. The third-order valence-electron chi connectivity index (χ3n) is 2.84. The van der Waals surface area contributed by atoms with Crippen LogP contribution in [0.15, 0.2) is 41.8 Å². The summed E-state index contributed by atoms with van der Waals surface area (Å²) >= 11 is 6.52. The first-order valence-electron chi connectivity index (χ1n) is 6.41. The first kappa shape index (κ1) is 15.6. The van der Waals surface area contributed by atoms with Gasteiger partial charge >= 0.3 is 0 Å². The smallest absolute Gasteiger partial charge is 0.253 e. The van der Waals surface area contributed by atoms with E-state index in [1.165, 1.54) is 0 Å². The molecule has 1 aromatic carbocycles. The van der Waals surface area contributed by atoms with Gasteiger partial charge in [-0.2, -0.15) is 0 Å². The molecule has 0 aliphatic heterocycles. The van der Waals surface area contributed by atoms with Crippen LogP contribution in [0.2, 0.25) is 0 Å². The molecule has 0 fully saturated rings. The van der Waals surface area contributed by atoms with Gasteiger partial charge in [0.15, 0.2) is 0 Å². The van der Waals surface area contributed by atoms with E-state index in [0.29, 0.717) is 17.3 Å². The topological polar surface area (TPSA) is 64.3 Å². The van der Waals surface area contributed by atoms with Crippen molar-refractivity contribution in [2.24, 2.45) is 5.73 Å². The second kappa shape index (κ2) is 7.31. The van der Waals surface area contributed by atoms with Gasteiger partial charge in [-0.05, 0) is 30.5 Å². The van der Waals surface area contributed by atoms with Crippen LogP contribution < -0.4 is 11.1 Å². The van der Waals surface area contributed by atoms with Crippen molar-refractivity contribution in [3.05, 3.63) is 52.2 Å². The number of rotatable bonds is 6.